The fraction of sp³-hybridized carbons (Fsp3) is 0.839. The van der Waals surface area contributed by atoms with Crippen LogP contribution in [0.1, 0.15) is 246 Å². The lowest BCUT2D eigenvalue weighted by Gasteiger charge is -2.28. The first-order valence-electron chi connectivity index (χ1n) is 29.3. The Kier molecular flexibility index (Phi) is 33.4. The Morgan fingerprint density at radius 2 is 0.481 bits per heavy atom. The fourth-order valence-electron chi connectivity index (χ4n) is 11.1. The first-order valence-corrected chi connectivity index (χ1v) is 29.3. The Bertz CT molecular complexity index is 1920. The van der Waals surface area contributed by atoms with Gasteiger partial charge in [0, 0.05) is 71.8 Å². The zero-order valence-corrected chi connectivity index (χ0v) is 51.6. The van der Waals surface area contributed by atoms with Crippen LogP contribution in [0.25, 0.3) is 0 Å². The maximum absolute atomic E-state index is 12.8. The third-order valence-corrected chi connectivity index (χ3v) is 15.5. The van der Waals surface area contributed by atoms with Crippen molar-refractivity contribution in [1.82, 2.24) is 26.6 Å². The molecule has 15 nitrogen and oxygen atoms in total. The average Bonchev–Trinajstić information content (AvgIpc) is 3.29. The SMILES string of the molecule is CC(=O)CCC(C)(C)CC(C)CCNC(=O)C(=O)CCC(C)(C)CC(C)CCNC(=O)C(=O)CCC(C)(C)CC(C)CCNC(=O)C(=O)CCC(C)(C)CC(C)CCNC(=O)C(=O)CCC(C)(C)CC(C)CCNC(C)=O. The zero-order valence-electron chi connectivity index (χ0n) is 51.6. The number of Topliss-reactive ketones (excluding diaryl/α,β-unsaturated/α-hetero) is 5. The van der Waals surface area contributed by atoms with Gasteiger partial charge in [-0.3, -0.25) is 43.2 Å². The molecule has 0 bridgehead atoms. The van der Waals surface area contributed by atoms with Crippen LogP contribution in [-0.4, -0.2) is 91.2 Å². The van der Waals surface area contributed by atoms with Crippen LogP contribution in [0.15, 0.2) is 0 Å². The summed E-state index contributed by atoms with van der Waals surface area (Å²) in [6.07, 6.45) is 12.0. The highest BCUT2D eigenvalue weighted by molar-refractivity contribution is 6.37. The number of hydrogen-bond acceptors (Lipinski definition) is 10. The van der Waals surface area contributed by atoms with Gasteiger partial charge in [0.05, 0.1) is 0 Å². The molecule has 0 spiro atoms. The minimum atomic E-state index is -0.591. The Labute approximate surface area is 466 Å². The molecule has 0 aliphatic rings. The molecule has 0 heterocycles. The molecule has 5 amide bonds. The van der Waals surface area contributed by atoms with Crippen molar-refractivity contribution in [3.63, 3.8) is 0 Å². The summed E-state index contributed by atoms with van der Waals surface area (Å²) in [6.45, 7) is 36.7. The molecule has 0 aliphatic heterocycles. The molecule has 0 fully saturated rings. The molecule has 5 N–H and O–H groups in total. The Morgan fingerprint density at radius 3 is 0.662 bits per heavy atom. The summed E-state index contributed by atoms with van der Waals surface area (Å²) in [6, 6.07) is 0. The number of hydrogen-bond donors (Lipinski definition) is 5. The molecular formula is C62H111N5O10. The van der Waals surface area contributed by atoms with E-state index < -0.39 is 46.8 Å². The van der Waals surface area contributed by atoms with Crippen LogP contribution in [0.4, 0.5) is 0 Å². The Hall–Kier alpha value is -4.30. The van der Waals surface area contributed by atoms with E-state index in [0.717, 1.165) is 51.4 Å². The lowest BCUT2D eigenvalue weighted by molar-refractivity contribution is -0.138. The summed E-state index contributed by atoms with van der Waals surface area (Å²) in [5.74, 6) is -2.54. The lowest BCUT2D eigenvalue weighted by atomic mass is 9.78. The van der Waals surface area contributed by atoms with Gasteiger partial charge in [-0.2, -0.15) is 0 Å². The molecule has 77 heavy (non-hydrogen) atoms. The first kappa shape index (κ1) is 72.7. The molecule has 15 heteroatoms. The fourth-order valence-corrected chi connectivity index (χ4v) is 11.1. The van der Waals surface area contributed by atoms with Crippen molar-refractivity contribution in [3.05, 3.63) is 0 Å². The zero-order chi connectivity index (χ0) is 59.4. The topological polar surface area (TPSA) is 231 Å². The molecule has 5 unspecified atom stereocenters. The molecule has 0 rings (SSSR count). The van der Waals surface area contributed by atoms with Crippen molar-refractivity contribution < 1.29 is 47.9 Å². The van der Waals surface area contributed by atoms with Gasteiger partial charge in [-0.05, 0) is 160 Å². The number of ketones is 5. The van der Waals surface area contributed by atoms with Gasteiger partial charge in [-0.25, -0.2) is 0 Å². The minimum absolute atomic E-state index is 0.0354. The van der Waals surface area contributed by atoms with Gasteiger partial charge in [-0.1, -0.05) is 104 Å². The summed E-state index contributed by atoms with van der Waals surface area (Å²) < 4.78 is 0. The van der Waals surface area contributed by atoms with E-state index in [0.29, 0.717) is 95.9 Å². The van der Waals surface area contributed by atoms with Gasteiger partial charge in [-0.15, -0.1) is 0 Å². The smallest absolute Gasteiger partial charge is 0.287 e. The highest BCUT2D eigenvalue weighted by Gasteiger charge is 2.29. The number of carbonyl (C=O) groups excluding carboxylic acids is 10. The van der Waals surface area contributed by atoms with E-state index in [4.69, 9.17) is 0 Å². The maximum Gasteiger partial charge on any atom is 0.287 e. The number of carbonyl (C=O) groups is 10. The summed E-state index contributed by atoms with van der Waals surface area (Å²) in [5, 5.41) is 14.0. The molecule has 0 aromatic rings. The number of rotatable bonds is 44. The number of nitrogens with one attached hydrogen (secondary N) is 5. The third kappa shape index (κ3) is 37.3. The first-order chi connectivity index (χ1) is 35.3. The predicted molar refractivity (Wildman–Crippen MR) is 308 cm³/mol. The number of amides is 5. The van der Waals surface area contributed by atoms with Gasteiger partial charge in [0.25, 0.3) is 23.6 Å². The molecule has 0 aromatic carbocycles. The molecule has 5 atom stereocenters. The van der Waals surface area contributed by atoms with E-state index in [1.165, 1.54) is 6.92 Å². The van der Waals surface area contributed by atoms with Crippen molar-refractivity contribution in [2.75, 3.05) is 32.7 Å². The molecule has 0 aromatic heterocycles. The van der Waals surface area contributed by atoms with Gasteiger partial charge in [0.15, 0.2) is 0 Å². The molecule has 0 radical (unpaired) electrons. The minimum Gasteiger partial charge on any atom is -0.356 e. The molecule has 0 saturated heterocycles. The Morgan fingerprint density at radius 1 is 0.299 bits per heavy atom. The van der Waals surface area contributed by atoms with E-state index in [1.807, 2.05) is 0 Å². The highest BCUT2D eigenvalue weighted by Crippen LogP contribution is 2.36. The van der Waals surface area contributed by atoms with Gasteiger partial charge < -0.3 is 31.4 Å². The summed E-state index contributed by atoms with van der Waals surface area (Å²) in [5.41, 5.74) is -0.726. The summed E-state index contributed by atoms with van der Waals surface area (Å²) in [7, 11) is 0. The largest absolute Gasteiger partial charge is 0.356 e. The summed E-state index contributed by atoms with van der Waals surface area (Å²) >= 11 is 0. The van der Waals surface area contributed by atoms with Crippen molar-refractivity contribution >= 4 is 58.5 Å². The van der Waals surface area contributed by atoms with Crippen LogP contribution >= 0.6 is 0 Å². The standard InChI is InChI=1S/C62H111N5O10/c1-43(23-33-63-49(7)69)39-59(10,11)29-19-50(70)55(75)65-35-25-45(3)41-61(14,15)31-21-52(72)57(77)67-37-27-47(5)42-62(16,17)32-22-53(73)56(76)66-36-26-46(4)40-60(12,13)30-20-51(71)54(74)64-34-24-44(2)38-58(8,9)28-18-48(6)68/h43-47H,18-42H2,1-17H3,(H,63,69)(H,64,74)(H,65,75)(H,66,76)(H,67,77). The highest BCUT2D eigenvalue weighted by atomic mass is 16.2. The second kappa shape index (κ2) is 35.3. The van der Waals surface area contributed by atoms with E-state index >= 15 is 0 Å². The van der Waals surface area contributed by atoms with Crippen molar-refractivity contribution in [2.45, 2.75) is 246 Å². The van der Waals surface area contributed by atoms with Gasteiger partial charge in [0.2, 0.25) is 29.0 Å². The van der Waals surface area contributed by atoms with Crippen LogP contribution in [0.2, 0.25) is 0 Å². The van der Waals surface area contributed by atoms with E-state index in [9.17, 15) is 47.9 Å². The van der Waals surface area contributed by atoms with Crippen LogP contribution in [0.5, 0.6) is 0 Å². The molecule has 0 aliphatic carbocycles. The van der Waals surface area contributed by atoms with Gasteiger partial charge in [0.1, 0.15) is 5.78 Å². The maximum atomic E-state index is 12.8. The monoisotopic (exact) mass is 1090 g/mol. The average molecular weight is 1090 g/mol. The Balaban J connectivity index is 4.50. The normalized spacial score (nSPS) is 14.3. The molecule has 444 valence electrons. The second-order valence-electron chi connectivity index (χ2n) is 27.7. The summed E-state index contributed by atoms with van der Waals surface area (Å²) in [4.78, 5) is 124. The predicted octanol–water partition coefficient (Wildman–Crippen LogP) is 10.6. The van der Waals surface area contributed by atoms with Crippen molar-refractivity contribution in [1.29, 1.82) is 0 Å². The van der Waals surface area contributed by atoms with Crippen LogP contribution in [-0.2, 0) is 47.9 Å². The van der Waals surface area contributed by atoms with E-state index in [1.54, 1.807) is 6.92 Å². The van der Waals surface area contributed by atoms with Crippen molar-refractivity contribution in [2.24, 2.45) is 56.7 Å². The third-order valence-electron chi connectivity index (χ3n) is 15.5. The van der Waals surface area contributed by atoms with Crippen molar-refractivity contribution in [3.8, 4) is 0 Å². The molecule has 0 saturated carbocycles. The van der Waals surface area contributed by atoms with E-state index in [2.05, 4.69) is 130 Å². The van der Waals surface area contributed by atoms with Crippen LogP contribution in [0.3, 0.4) is 0 Å². The van der Waals surface area contributed by atoms with E-state index in [-0.39, 0.29) is 82.2 Å². The lowest BCUT2D eigenvalue weighted by Crippen LogP contribution is -2.34. The van der Waals surface area contributed by atoms with Crippen LogP contribution < -0.4 is 26.6 Å². The quantitative estimate of drug-likeness (QED) is 0.0362. The van der Waals surface area contributed by atoms with Crippen LogP contribution in [0, 0.1) is 56.7 Å². The second-order valence-corrected chi connectivity index (χ2v) is 27.7. The van der Waals surface area contributed by atoms with Gasteiger partial charge >= 0.3 is 0 Å². The molecular weight excluding hydrogens is 975 g/mol.